The van der Waals surface area contributed by atoms with E-state index in [4.69, 9.17) is 19.9 Å². The van der Waals surface area contributed by atoms with Crippen molar-refractivity contribution in [2.75, 3.05) is 21.3 Å². The maximum absolute atomic E-state index is 11.9. The van der Waals surface area contributed by atoms with Crippen LogP contribution in [0.2, 0.25) is 0 Å². The van der Waals surface area contributed by atoms with Gasteiger partial charge < -0.3 is 19.9 Å². The van der Waals surface area contributed by atoms with Gasteiger partial charge in [0.1, 0.15) is 0 Å². The van der Waals surface area contributed by atoms with E-state index in [-0.39, 0.29) is 18.6 Å². The van der Waals surface area contributed by atoms with Crippen LogP contribution in [0.1, 0.15) is 23.2 Å². The van der Waals surface area contributed by atoms with Gasteiger partial charge in [0.25, 0.3) is 0 Å². The van der Waals surface area contributed by atoms with Gasteiger partial charge in [-0.2, -0.15) is 0 Å². The summed E-state index contributed by atoms with van der Waals surface area (Å²) in [6.45, 7) is 0. The van der Waals surface area contributed by atoms with E-state index in [2.05, 4.69) is 0 Å². The van der Waals surface area contributed by atoms with E-state index in [1.165, 1.54) is 21.3 Å². The van der Waals surface area contributed by atoms with Crippen LogP contribution in [0.5, 0.6) is 17.2 Å². The number of primary amides is 1. The smallest absolute Gasteiger partial charge is 0.217 e. The Labute approximate surface area is 111 Å². The Kier molecular flexibility index (Phi) is 5.17. The third kappa shape index (κ3) is 3.61. The Balaban J connectivity index is 3.08. The molecule has 0 aliphatic heterocycles. The number of Topliss-reactive ketones (excluding diaryl/α,β-unsaturated/α-hetero) is 1. The van der Waals surface area contributed by atoms with Crippen molar-refractivity contribution < 1.29 is 23.8 Å². The summed E-state index contributed by atoms with van der Waals surface area (Å²) in [5.74, 6) is 0.476. The van der Waals surface area contributed by atoms with Crippen LogP contribution < -0.4 is 19.9 Å². The summed E-state index contributed by atoms with van der Waals surface area (Å²) in [6.07, 6.45) is 0.0590. The Morgan fingerprint density at radius 1 is 1.00 bits per heavy atom. The van der Waals surface area contributed by atoms with Gasteiger partial charge in [-0.25, -0.2) is 0 Å². The fraction of sp³-hybridized carbons (Fsp3) is 0.385. The molecular weight excluding hydrogens is 250 g/mol. The van der Waals surface area contributed by atoms with Gasteiger partial charge in [-0.05, 0) is 12.1 Å². The molecule has 1 rings (SSSR count). The number of hydrogen-bond acceptors (Lipinski definition) is 5. The van der Waals surface area contributed by atoms with Gasteiger partial charge in [-0.3, -0.25) is 9.59 Å². The van der Waals surface area contributed by atoms with Crippen molar-refractivity contribution in [3.8, 4) is 17.2 Å². The summed E-state index contributed by atoms with van der Waals surface area (Å²) in [6, 6.07) is 3.09. The normalized spacial score (nSPS) is 9.84. The molecule has 0 bridgehead atoms. The number of amides is 1. The maximum atomic E-state index is 11.9. The molecule has 0 unspecified atom stereocenters. The van der Waals surface area contributed by atoms with Crippen molar-refractivity contribution in [3.63, 3.8) is 0 Å². The van der Waals surface area contributed by atoms with E-state index in [0.29, 0.717) is 22.8 Å². The van der Waals surface area contributed by atoms with Crippen LogP contribution in [-0.2, 0) is 4.79 Å². The lowest BCUT2D eigenvalue weighted by atomic mass is 10.1. The highest BCUT2D eigenvalue weighted by atomic mass is 16.5. The molecule has 1 aromatic rings. The third-order valence-corrected chi connectivity index (χ3v) is 2.59. The SMILES string of the molecule is COc1cc(C(=O)CCC(N)=O)cc(OC)c1OC. The highest BCUT2D eigenvalue weighted by Gasteiger charge is 2.17. The summed E-state index contributed by atoms with van der Waals surface area (Å²) >= 11 is 0. The van der Waals surface area contributed by atoms with Gasteiger partial charge in [0.05, 0.1) is 21.3 Å². The van der Waals surface area contributed by atoms with Gasteiger partial charge in [0, 0.05) is 18.4 Å². The first-order chi connectivity index (χ1) is 9.03. The molecule has 1 aromatic carbocycles. The number of carbonyl (C=O) groups is 2. The molecule has 1 amide bonds. The number of methoxy groups -OCH3 is 3. The molecule has 0 aliphatic rings. The van der Waals surface area contributed by atoms with Crippen molar-refractivity contribution in [1.82, 2.24) is 0 Å². The number of benzene rings is 1. The molecule has 0 heterocycles. The second-order valence-corrected chi connectivity index (χ2v) is 3.80. The average Bonchev–Trinajstić information content (AvgIpc) is 2.42. The Hall–Kier alpha value is -2.24. The molecule has 19 heavy (non-hydrogen) atoms. The third-order valence-electron chi connectivity index (χ3n) is 2.59. The van der Waals surface area contributed by atoms with E-state index >= 15 is 0 Å². The topological polar surface area (TPSA) is 87.9 Å². The molecule has 0 atom stereocenters. The summed E-state index contributed by atoms with van der Waals surface area (Å²) in [5, 5.41) is 0. The van der Waals surface area contributed by atoms with Crippen LogP contribution in [0.4, 0.5) is 0 Å². The highest BCUT2D eigenvalue weighted by Crippen LogP contribution is 2.38. The molecule has 0 saturated carbocycles. The van der Waals surface area contributed by atoms with Gasteiger partial charge >= 0.3 is 0 Å². The van der Waals surface area contributed by atoms with E-state index in [1.54, 1.807) is 12.1 Å². The minimum Gasteiger partial charge on any atom is -0.493 e. The fourth-order valence-corrected chi connectivity index (χ4v) is 1.62. The van der Waals surface area contributed by atoms with E-state index in [0.717, 1.165) is 0 Å². The lowest BCUT2D eigenvalue weighted by Gasteiger charge is -2.13. The zero-order valence-electron chi connectivity index (χ0n) is 11.2. The minimum absolute atomic E-state index is 0.00942. The fourth-order valence-electron chi connectivity index (χ4n) is 1.62. The van der Waals surface area contributed by atoms with Gasteiger partial charge in [-0.15, -0.1) is 0 Å². The first-order valence-corrected chi connectivity index (χ1v) is 5.65. The number of nitrogens with two attached hydrogens (primary N) is 1. The molecule has 0 spiro atoms. The molecule has 0 fully saturated rings. The predicted octanol–water partition coefficient (Wildman–Crippen LogP) is 1.16. The van der Waals surface area contributed by atoms with Crippen molar-refractivity contribution >= 4 is 11.7 Å². The molecular formula is C13H17NO5. The van der Waals surface area contributed by atoms with E-state index in [1.807, 2.05) is 0 Å². The minimum atomic E-state index is -0.513. The first-order valence-electron chi connectivity index (χ1n) is 5.65. The second-order valence-electron chi connectivity index (χ2n) is 3.80. The molecule has 6 nitrogen and oxygen atoms in total. The standard InChI is InChI=1S/C13H17NO5/c1-17-10-6-8(9(15)4-5-12(14)16)7-11(18-2)13(10)19-3/h6-7H,4-5H2,1-3H3,(H2,14,16). The van der Waals surface area contributed by atoms with Crippen LogP contribution in [-0.4, -0.2) is 33.0 Å². The number of rotatable bonds is 7. The van der Waals surface area contributed by atoms with Gasteiger partial charge in [0.2, 0.25) is 11.7 Å². The van der Waals surface area contributed by atoms with Crippen molar-refractivity contribution in [2.24, 2.45) is 5.73 Å². The molecule has 104 valence electrons. The molecule has 0 saturated heterocycles. The Bertz CT molecular complexity index is 459. The Morgan fingerprint density at radius 3 is 1.89 bits per heavy atom. The summed E-state index contributed by atoms with van der Waals surface area (Å²) in [5.41, 5.74) is 5.40. The predicted molar refractivity (Wildman–Crippen MR) is 68.9 cm³/mol. The molecule has 2 N–H and O–H groups in total. The number of carbonyl (C=O) groups excluding carboxylic acids is 2. The van der Waals surface area contributed by atoms with Crippen LogP contribution in [0, 0.1) is 0 Å². The largest absolute Gasteiger partial charge is 0.493 e. The highest BCUT2D eigenvalue weighted by molar-refractivity contribution is 5.99. The second kappa shape index (κ2) is 6.63. The number of ether oxygens (including phenoxy) is 3. The van der Waals surface area contributed by atoms with Crippen molar-refractivity contribution in [2.45, 2.75) is 12.8 Å². The molecule has 0 aromatic heterocycles. The van der Waals surface area contributed by atoms with Crippen LogP contribution in [0.3, 0.4) is 0 Å². The molecule has 0 aliphatic carbocycles. The van der Waals surface area contributed by atoms with Crippen molar-refractivity contribution in [1.29, 1.82) is 0 Å². The lowest BCUT2D eigenvalue weighted by molar-refractivity contribution is -0.118. The van der Waals surface area contributed by atoms with Gasteiger partial charge in [-0.1, -0.05) is 0 Å². The molecule has 0 radical (unpaired) electrons. The van der Waals surface area contributed by atoms with E-state index < -0.39 is 5.91 Å². The van der Waals surface area contributed by atoms with Crippen LogP contribution >= 0.6 is 0 Å². The number of hydrogen-bond donors (Lipinski definition) is 1. The zero-order valence-corrected chi connectivity index (χ0v) is 11.2. The number of ketones is 1. The zero-order chi connectivity index (χ0) is 14.4. The average molecular weight is 267 g/mol. The van der Waals surface area contributed by atoms with Crippen LogP contribution in [0.15, 0.2) is 12.1 Å². The van der Waals surface area contributed by atoms with Gasteiger partial charge in [0.15, 0.2) is 17.3 Å². The van der Waals surface area contributed by atoms with Crippen molar-refractivity contribution in [3.05, 3.63) is 17.7 Å². The summed E-state index contributed by atoms with van der Waals surface area (Å²) in [7, 11) is 4.42. The monoisotopic (exact) mass is 267 g/mol. The van der Waals surface area contributed by atoms with E-state index in [9.17, 15) is 9.59 Å². The Morgan fingerprint density at radius 2 is 1.53 bits per heavy atom. The quantitative estimate of drug-likeness (QED) is 0.749. The van der Waals surface area contributed by atoms with Crippen LogP contribution in [0.25, 0.3) is 0 Å². The first kappa shape index (κ1) is 14.8. The molecule has 6 heteroatoms. The summed E-state index contributed by atoms with van der Waals surface area (Å²) in [4.78, 5) is 22.6. The maximum Gasteiger partial charge on any atom is 0.217 e. The lowest BCUT2D eigenvalue weighted by Crippen LogP contribution is -2.13. The summed E-state index contributed by atoms with van der Waals surface area (Å²) < 4.78 is 15.4.